The maximum absolute atomic E-state index is 11.7. The summed E-state index contributed by atoms with van der Waals surface area (Å²) in [5.41, 5.74) is 1.23. The van der Waals surface area contributed by atoms with Crippen molar-refractivity contribution in [1.29, 1.82) is 0 Å². The first kappa shape index (κ1) is 11.2. The molecule has 0 spiro atoms. The number of fused-ring (bicyclic) bond motifs is 1. The van der Waals surface area contributed by atoms with Crippen molar-refractivity contribution in [3.63, 3.8) is 0 Å². The van der Waals surface area contributed by atoms with Crippen LogP contribution in [0.2, 0.25) is 0 Å². The zero-order valence-corrected chi connectivity index (χ0v) is 9.30. The number of nitrogens with zero attached hydrogens (tertiary/aromatic N) is 1. The molecule has 1 amide bonds. The van der Waals surface area contributed by atoms with E-state index in [1.807, 2.05) is 12.1 Å². The van der Waals surface area contributed by atoms with Crippen LogP contribution < -0.4 is 5.32 Å². The van der Waals surface area contributed by atoms with Gasteiger partial charge in [0.15, 0.2) is 0 Å². The van der Waals surface area contributed by atoms with Gasteiger partial charge in [0.05, 0.1) is 5.56 Å². The van der Waals surface area contributed by atoms with Crippen LogP contribution in [0.4, 0.5) is 0 Å². The summed E-state index contributed by atoms with van der Waals surface area (Å²) in [6.45, 7) is -0.155. The molecule has 5 heteroatoms. The van der Waals surface area contributed by atoms with Gasteiger partial charge in [0.1, 0.15) is 6.54 Å². The Morgan fingerprint density at radius 3 is 2.71 bits per heavy atom. The van der Waals surface area contributed by atoms with Crippen LogP contribution in [0.1, 0.15) is 10.4 Å². The molecule has 0 aliphatic carbocycles. The fourth-order valence-electron chi connectivity index (χ4n) is 1.84. The molecule has 2 aromatic rings. The maximum Gasteiger partial charge on any atom is 0.323 e. The summed E-state index contributed by atoms with van der Waals surface area (Å²) in [6.07, 6.45) is 1.57. The second-order valence-electron chi connectivity index (χ2n) is 3.66. The average Bonchev–Trinajstić information content (AvgIpc) is 2.67. The summed E-state index contributed by atoms with van der Waals surface area (Å²) in [7, 11) is 1.55. The maximum atomic E-state index is 11.7. The van der Waals surface area contributed by atoms with Gasteiger partial charge in [-0.2, -0.15) is 0 Å². The molecule has 0 saturated heterocycles. The molecular weight excluding hydrogens is 220 g/mol. The molecule has 17 heavy (non-hydrogen) atoms. The Kier molecular flexibility index (Phi) is 2.82. The molecule has 5 nitrogen and oxygen atoms in total. The third-order valence-corrected chi connectivity index (χ3v) is 2.57. The van der Waals surface area contributed by atoms with E-state index in [1.165, 1.54) is 0 Å². The normalized spacial score (nSPS) is 10.4. The zero-order valence-electron chi connectivity index (χ0n) is 9.30. The predicted octanol–water partition coefficient (Wildman–Crippen LogP) is 1.09. The van der Waals surface area contributed by atoms with Crippen molar-refractivity contribution >= 4 is 22.8 Å². The number of carbonyl (C=O) groups excluding carboxylic acids is 1. The summed E-state index contributed by atoms with van der Waals surface area (Å²) < 4.78 is 1.56. The number of rotatable bonds is 3. The lowest BCUT2D eigenvalue weighted by Gasteiger charge is -1.99. The molecule has 0 bridgehead atoms. The molecule has 0 fully saturated rings. The van der Waals surface area contributed by atoms with Crippen molar-refractivity contribution in [3.05, 3.63) is 36.0 Å². The lowest BCUT2D eigenvalue weighted by Crippen LogP contribution is -2.17. The summed E-state index contributed by atoms with van der Waals surface area (Å²) in [5.74, 6) is -1.15. The number of benzene rings is 1. The summed E-state index contributed by atoms with van der Waals surface area (Å²) in [4.78, 5) is 22.4. The van der Waals surface area contributed by atoms with Gasteiger partial charge in [0, 0.05) is 24.1 Å². The number of hydrogen-bond acceptors (Lipinski definition) is 2. The number of aliphatic carboxylic acids is 1. The van der Waals surface area contributed by atoms with Crippen molar-refractivity contribution < 1.29 is 14.7 Å². The quantitative estimate of drug-likeness (QED) is 0.832. The first-order valence-electron chi connectivity index (χ1n) is 5.15. The fraction of sp³-hybridized carbons (Fsp3) is 0.167. The van der Waals surface area contributed by atoms with Crippen LogP contribution in [0.25, 0.3) is 10.9 Å². The molecule has 1 aromatic heterocycles. The van der Waals surface area contributed by atoms with Gasteiger partial charge in [0.25, 0.3) is 5.91 Å². The molecule has 0 atom stereocenters. The number of nitrogens with one attached hydrogen (secondary N) is 1. The first-order chi connectivity index (χ1) is 8.13. The molecule has 0 unspecified atom stereocenters. The molecular formula is C12H12N2O3. The van der Waals surface area contributed by atoms with E-state index >= 15 is 0 Å². The van der Waals surface area contributed by atoms with Gasteiger partial charge in [-0.05, 0) is 6.07 Å². The Bertz CT molecular complexity index is 586. The summed E-state index contributed by atoms with van der Waals surface area (Å²) >= 11 is 0. The second kappa shape index (κ2) is 4.29. The Labute approximate surface area is 97.7 Å². The Morgan fingerprint density at radius 1 is 1.35 bits per heavy atom. The van der Waals surface area contributed by atoms with E-state index in [0.717, 1.165) is 10.9 Å². The van der Waals surface area contributed by atoms with Crippen LogP contribution in [0.15, 0.2) is 30.5 Å². The minimum Gasteiger partial charge on any atom is -0.480 e. The lowest BCUT2D eigenvalue weighted by atomic mass is 10.2. The number of aromatic nitrogens is 1. The van der Waals surface area contributed by atoms with Gasteiger partial charge in [-0.3, -0.25) is 9.59 Å². The van der Waals surface area contributed by atoms with Crippen LogP contribution in [-0.4, -0.2) is 28.6 Å². The van der Waals surface area contributed by atoms with Crippen LogP contribution in [0, 0.1) is 0 Å². The highest BCUT2D eigenvalue weighted by Crippen LogP contribution is 2.21. The number of amides is 1. The highest BCUT2D eigenvalue weighted by atomic mass is 16.4. The minimum atomic E-state index is -0.936. The van der Waals surface area contributed by atoms with Crippen molar-refractivity contribution in [1.82, 2.24) is 9.88 Å². The SMILES string of the molecule is CNC(=O)c1cn(CC(=O)O)c2ccccc12. The first-order valence-corrected chi connectivity index (χ1v) is 5.15. The van der Waals surface area contributed by atoms with E-state index < -0.39 is 5.97 Å². The van der Waals surface area contributed by atoms with Crippen molar-refractivity contribution in [2.45, 2.75) is 6.54 Å². The molecule has 1 heterocycles. The molecule has 1 aromatic carbocycles. The van der Waals surface area contributed by atoms with E-state index in [1.54, 1.807) is 29.9 Å². The van der Waals surface area contributed by atoms with E-state index in [9.17, 15) is 9.59 Å². The zero-order chi connectivity index (χ0) is 12.4. The number of carboxylic acids is 1. The van der Waals surface area contributed by atoms with E-state index in [0.29, 0.717) is 5.56 Å². The van der Waals surface area contributed by atoms with Crippen molar-refractivity contribution in [2.24, 2.45) is 0 Å². The molecule has 0 saturated carbocycles. The molecule has 0 aliphatic rings. The largest absolute Gasteiger partial charge is 0.480 e. The highest BCUT2D eigenvalue weighted by molar-refractivity contribution is 6.07. The van der Waals surface area contributed by atoms with E-state index in [4.69, 9.17) is 5.11 Å². The van der Waals surface area contributed by atoms with Crippen molar-refractivity contribution in [3.8, 4) is 0 Å². The third kappa shape index (κ3) is 1.99. The van der Waals surface area contributed by atoms with Crippen LogP contribution >= 0.6 is 0 Å². The third-order valence-electron chi connectivity index (χ3n) is 2.57. The molecule has 0 radical (unpaired) electrons. The van der Waals surface area contributed by atoms with E-state index in [-0.39, 0.29) is 12.5 Å². The Hall–Kier alpha value is -2.30. The minimum absolute atomic E-state index is 0.155. The second-order valence-corrected chi connectivity index (χ2v) is 3.66. The topological polar surface area (TPSA) is 71.3 Å². The van der Waals surface area contributed by atoms with Crippen LogP contribution in [-0.2, 0) is 11.3 Å². The van der Waals surface area contributed by atoms with Crippen LogP contribution in [0.5, 0.6) is 0 Å². The highest BCUT2D eigenvalue weighted by Gasteiger charge is 2.14. The average molecular weight is 232 g/mol. The Balaban J connectivity index is 2.62. The fourth-order valence-corrected chi connectivity index (χ4v) is 1.84. The monoisotopic (exact) mass is 232 g/mol. The van der Waals surface area contributed by atoms with Crippen LogP contribution in [0.3, 0.4) is 0 Å². The Morgan fingerprint density at radius 2 is 2.06 bits per heavy atom. The molecule has 0 aliphatic heterocycles. The van der Waals surface area contributed by atoms with Crippen molar-refractivity contribution in [2.75, 3.05) is 7.05 Å². The van der Waals surface area contributed by atoms with Gasteiger partial charge in [-0.1, -0.05) is 18.2 Å². The molecule has 2 rings (SSSR count). The predicted molar refractivity (Wildman–Crippen MR) is 63.0 cm³/mol. The van der Waals surface area contributed by atoms with E-state index in [2.05, 4.69) is 5.32 Å². The smallest absolute Gasteiger partial charge is 0.323 e. The standard InChI is InChI=1S/C12H12N2O3/c1-13-12(17)9-6-14(7-11(15)16)10-5-3-2-4-8(9)10/h2-6H,7H2,1H3,(H,13,17)(H,15,16). The van der Waals surface area contributed by atoms with Gasteiger partial charge in [-0.15, -0.1) is 0 Å². The molecule has 2 N–H and O–H groups in total. The van der Waals surface area contributed by atoms with Gasteiger partial charge in [-0.25, -0.2) is 0 Å². The summed E-state index contributed by atoms with van der Waals surface area (Å²) in [6, 6.07) is 7.23. The van der Waals surface area contributed by atoms with Gasteiger partial charge < -0.3 is 15.0 Å². The number of para-hydroxylation sites is 1. The van der Waals surface area contributed by atoms with Gasteiger partial charge in [0.2, 0.25) is 0 Å². The lowest BCUT2D eigenvalue weighted by molar-refractivity contribution is -0.137. The number of carbonyl (C=O) groups is 2. The number of hydrogen-bond donors (Lipinski definition) is 2. The molecule has 88 valence electrons. The summed E-state index contributed by atoms with van der Waals surface area (Å²) in [5, 5.41) is 12.1. The number of carboxylic acid groups (broad SMARTS) is 1. The van der Waals surface area contributed by atoms with Gasteiger partial charge >= 0.3 is 5.97 Å².